The second-order valence-corrected chi connectivity index (χ2v) is 5.14. The Labute approximate surface area is 113 Å². The first-order valence-electron chi connectivity index (χ1n) is 6.27. The standard InChI is InChI=1S/C14H21ClFNO/c1-4-18-14(9(2)3)13(17)8-10-11(15)6-5-7-12(10)16/h5-7,9,13-14H,4,8,17H2,1-3H3. The number of ether oxygens (including phenoxy) is 1. The molecule has 0 aliphatic carbocycles. The van der Waals surface area contributed by atoms with E-state index in [2.05, 4.69) is 0 Å². The predicted octanol–water partition coefficient (Wildman–Crippen LogP) is 3.41. The summed E-state index contributed by atoms with van der Waals surface area (Å²) in [5.41, 5.74) is 6.59. The smallest absolute Gasteiger partial charge is 0.127 e. The number of hydrogen-bond donors (Lipinski definition) is 1. The Morgan fingerprint density at radius 1 is 1.39 bits per heavy atom. The Kier molecular flexibility index (Phi) is 6.06. The maximum absolute atomic E-state index is 13.7. The van der Waals surface area contributed by atoms with Crippen molar-refractivity contribution >= 4 is 11.6 Å². The average Bonchev–Trinajstić information content (AvgIpc) is 2.30. The minimum atomic E-state index is -0.308. The molecule has 2 nitrogen and oxygen atoms in total. The van der Waals surface area contributed by atoms with Crippen molar-refractivity contribution in [3.05, 3.63) is 34.6 Å². The van der Waals surface area contributed by atoms with Crippen molar-refractivity contribution in [1.82, 2.24) is 0 Å². The normalized spacial score (nSPS) is 14.8. The van der Waals surface area contributed by atoms with Crippen LogP contribution in [-0.2, 0) is 11.2 Å². The first-order valence-corrected chi connectivity index (χ1v) is 6.65. The highest BCUT2D eigenvalue weighted by Crippen LogP contribution is 2.22. The van der Waals surface area contributed by atoms with Crippen LogP contribution < -0.4 is 5.73 Å². The van der Waals surface area contributed by atoms with Gasteiger partial charge in [0.15, 0.2) is 0 Å². The van der Waals surface area contributed by atoms with E-state index in [1.807, 2.05) is 20.8 Å². The fourth-order valence-corrected chi connectivity index (χ4v) is 2.32. The molecule has 1 aromatic rings. The molecule has 0 heterocycles. The molecule has 2 unspecified atom stereocenters. The van der Waals surface area contributed by atoms with E-state index < -0.39 is 0 Å². The summed E-state index contributed by atoms with van der Waals surface area (Å²) in [6.45, 7) is 6.62. The number of rotatable bonds is 6. The zero-order chi connectivity index (χ0) is 13.7. The lowest BCUT2D eigenvalue weighted by molar-refractivity contribution is 0.0126. The highest BCUT2D eigenvalue weighted by atomic mass is 35.5. The van der Waals surface area contributed by atoms with Gasteiger partial charge in [-0.15, -0.1) is 0 Å². The van der Waals surface area contributed by atoms with Gasteiger partial charge in [0.05, 0.1) is 6.10 Å². The monoisotopic (exact) mass is 273 g/mol. The third-order valence-electron chi connectivity index (χ3n) is 2.94. The summed E-state index contributed by atoms with van der Waals surface area (Å²) in [6, 6.07) is 4.41. The van der Waals surface area contributed by atoms with Gasteiger partial charge in [-0.05, 0) is 31.4 Å². The van der Waals surface area contributed by atoms with Crippen LogP contribution in [0.5, 0.6) is 0 Å². The van der Waals surface area contributed by atoms with E-state index in [-0.39, 0.29) is 23.9 Å². The zero-order valence-electron chi connectivity index (χ0n) is 11.1. The molecule has 0 fully saturated rings. The van der Waals surface area contributed by atoms with Crippen molar-refractivity contribution in [3.8, 4) is 0 Å². The van der Waals surface area contributed by atoms with E-state index in [1.165, 1.54) is 6.07 Å². The van der Waals surface area contributed by atoms with Crippen molar-refractivity contribution in [2.24, 2.45) is 11.7 Å². The van der Waals surface area contributed by atoms with E-state index in [9.17, 15) is 4.39 Å². The molecule has 0 radical (unpaired) electrons. The van der Waals surface area contributed by atoms with Crippen LogP contribution in [0.4, 0.5) is 4.39 Å². The Hall–Kier alpha value is -0.640. The largest absolute Gasteiger partial charge is 0.377 e. The van der Waals surface area contributed by atoms with Crippen molar-refractivity contribution in [2.45, 2.75) is 39.3 Å². The Bertz CT molecular complexity index is 364. The summed E-state index contributed by atoms with van der Waals surface area (Å²) in [7, 11) is 0. The van der Waals surface area contributed by atoms with Crippen LogP contribution in [0, 0.1) is 11.7 Å². The predicted molar refractivity (Wildman–Crippen MR) is 73.3 cm³/mol. The summed E-state index contributed by atoms with van der Waals surface area (Å²) in [5, 5.41) is 0.421. The van der Waals surface area contributed by atoms with Crippen LogP contribution in [0.1, 0.15) is 26.3 Å². The van der Waals surface area contributed by atoms with Gasteiger partial charge in [0.25, 0.3) is 0 Å². The van der Waals surface area contributed by atoms with E-state index >= 15 is 0 Å². The molecule has 0 saturated heterocycles. The molecule has 1 aromatic carbocycles. The lowest BCUT2D eigenvalue weighted by atomic mass is 9.94. The van der Waals surface area contributed by atoms with Crippen LogP contribution in [0.2, 0.25) is 5.02 Å². The van der Waals surface area contributed by atoms with Gasteiger partial charge in [-0.1, -0.05) is 31.5 Å². The molecular formula is C14H21ClFNO. The Morgan fingerprint density at radius 3 is 2.56 bits per heavy atom. The average molecular weight is 274 g/mol. The molecule has 0 aliphatic heterocycles. The van der Waals surface area contributed by atoms with E-state index in [0.29, 0.717) is 23.6 Å². The van der Waals surface area contributed by atoms with Crippen molar-refractivity contribution in [3.63, 3.8) is 0 Å². The maximum atomic E-state index is 13.7. The molecule has 0 saturated carbocycles. The molecule has 0 amide bonds. The maximum Gasteiger partial charge on any atom is 0.127 e. The van der Waals surface area contributed by atoms with Gasteiger partial charge in [-0.2, -0.15) is 0 Å². The second-order valence-electron chi connectivity index (χ2n) is 4.73. The molecule has 102 valence electrons. The van der Waals surface area contributed by atoms with Gasteiger partial charge >= 0.3 is 0 Å². The minimum Gasteiger partial charge on any atom is -0.377 e. The Morgan fingerprint density at radius 2 is 2.06 bits per heavy atom. The molecule has 18 heavy (non-hydrogen) atoms. The molecule has 1 rings (SSSR count). The van der Waals surface area contributed by atoms with Gasteiger partial charge < -0.3 is 10.5 Å². The lowest BCUT2D eigenvalue weighted by Gasteiger charge is -2.27. The number of halogens is 2. The molecule has 0 bridgehead atoms. The van der Waals surface area contributed by atoms with Gasteiger partial charge in [0, 0.05) is 23.2 Å². The third kappa shape index (κ3) is 3.94. The molecule has 4 heteroatoms. The molecule has 0 aromatic heterocycles. The summed E-state index contributed by atoms with van der Waals surface area (Å²) in [5.74, 6) is -0.0255. The quantitative estimate of drug-likeness (QED) is 0.862. The van der Waals surface area contributed by atoms with Crippen molar-refractivity contribution in [2.75, 3.05) is 6.61 Å². The van der Waals surface area contributed by atoms with E-state index in [1.54, 1.807) is 12.1 Å². The van der Waals surface area contributed by atoms with E-state index in [4.69, 9.17) is 22.1 Å². The van der Waals surface area contributed by atoms with Crippen LogP contribution in [0.15, 0.2) is 18.2 Å². The number of nitrogens with two attached hydrogens (primary N) is 1. The zero-order valence-corrected chi connectivity index (χ0v) is 11.9. The molecule has 2 N–H and O–H groups in total. The van der Waals surface area contributed by atoms with Crippen molar-refractivity contribution < 1.29 is 9.13 Å². The first-order chi connectivity index (χ1) is 8.47. The molecule has 0 aliphatic rings. The topological polar surface area (TPSA) is 35.2 Å². The fraction of sp³-hybridized carbons (Fsp3) is 0.571. The summed E-state index contributed by atoms with van der Waals surface area (Å²) in [4.78, 5) is 0. The lowest BCUT2D eigenvalue weighted by Crippen LogP contribution is -2.42. The highest BCUT2D eigenvalue weighted by Gasteiger charge is 2.23. The van der Waals surface area contributed by atoms with Crippen LogP contribution in [0.25, 0.3) is 0 Å². The second kappa shape index (κ2) is 7.07. The SMILES string of the molecule is CCOC(C(C)C)C(N)Cc1c(F)cccc1Cl. The molecule has 0 spiro atoms. The van der Waals surface area contributed by atoms with Crippen LogP contribution in [0.3, 0.4) is 0 Å². The Balaban J connectivity index is 2.82. The van der Waals surface area contributed by atoms with Crippen LogP contribution >= 0.6 is 11.6 Å². The number of benzene rings is 1. The summed E-state index contributed by atoms with van der Waals surface area (Å²) >= 11 is 6.00. The fourth-order valence-electron chi connectivity index (χ4n) is 2.08. The molecular weight excluding hydrogens is 253 g/mol. The van der Waals surface area contributed by atoms with Gasteiger partial charge in [0.1, 0.15) is 5.82 Å². The first kappa shape index (κ1) is 15.4. The van der Waals surface area contributed by atoms with Gasteiger partial charge in [-0.25, -0.2) is 4.39 Å². The van der Waals surface area contributed by atoms with Crippen molar-refractivity contribution in [1.29, 1.82) is 0 Å². The number of hydrogen-bond acceptors (Lipinski definition) is 2. The van der Waals surface area contributed by atoms with Crippen LogP contribution in [-0.4, -0.2) is 18.8 Å². The van der Waals surface area contributed by atoms with E-state index in [0.717, 1.165) is 0 Å². The van der Waals surface area contributed by atoms with Gasteiger partial charge in [-0.3, -0.25) is 0 Å². The van der Waals surface area contributed by atoms with Gasteiger partial charge in [0.2, 0.25) is 0 Å². The third-order valence-corrected chi connectivity index (χ3v) is 3.29. The summed E-state index contributed by atoms with van der Waals surface area (Å²) in [6.07, 6.45) is 0.291. The highest BCUT2D eigenvalue weighted by molar-refractivity contribution is 6.31. The minimum absolute atomic E-state index is 0.0920. The summed E-state index contributed by atoms with van der Waals surface area (Å²) < 4.78 is 19.3. The molecule has 2 atom stereocenters.